The van der Waals surface area contributed by atoms with Crippen LogP contribution in [0, 0.1) is 18.6 Å². The maximum atomic E-state index is 13.7. The van der Waals surface area contributed by atoms with E-state index >= 15 is 0 Å². The number of nitrogens with two attached hydrogens (primary N) is 1. The summed E-state index contributed by atoms with van der Waals surface area (Å²) in [5.74, 6) is -2.63. The van der Waals surface area contributed by atoms with Gasteiger partial charge >= 0.3 is 0 Å². The van der Waals surface area contributed by atoms with Gasteiger partial charge in [-0.2, -0.15) is 0 Å². The number of ketones is 1. The van der Waals surface area contributed by atoms with Crippen molar-refractivity contribution in [2.75, 3.05) is 0 Å². The van der Waals surface area contributed by atoms with Crippen molar-refractivity contribution in [3.63, 3.8) is 0 Å². The molecule has 0 amide bonds. The summed E-state index contributed by atoms with van der Waals surface area (Å²) >= 11 is 0. The minimum Gasteiger partial charge on any atom is -0.326 e. The van der Waals surface area contributed by atoms with Crippen molar-refractivity contribution >= 4 is 5.78 Å². The van der Waals surface area contributed by atoms with Crippen LogP contribution in [-0.2, 0) is 6.54 Å². The molecule has 2 aromatic rings. The van der Waals surface area contributed by atoms with E-state index in [4.69, 9.17) is 5.73 Å². The third-order valence-corrected chi connectivity index (χ3v) is 2.97. The van der Waals surface area contributed by atoms with Gasteiger partial charge in [-0.25, -0.2) is 8.78 Å². The van der Waals surface area contributed by atoms with E-state index in [1.54, 1.807) is 24.3 Å². The van der Waals surface area contributed by atoms with Crippen molar-refractivity contribution in [2.24, 2.45) is 5.73 Å². The van der Waals surface area contributed by atoms with Crippen LogP contribution in [0.15, 0.2) is 36.4 Å². The van der Waals surface area contributed by atoms with Crippen molar-refractivity contribution in [1.82, 2.24) is 0 Å². The molecule has 0 fully saturated rings. The molecule has 98 valence electrons. The first-order valence-corrected chi connectivity index (χ1v) is 5.83. The van der Waals surface area contributed by atoms with E-state index in [0.717, 1.165) is 5.56 Å². The van der Waals surface area contributed by atoms with Gasteiger partial charge in [0.15, 0.2) is 17.4 Å². The maximum absolute atomic E-state index is 13.7. The zero-order valence-corrected chi connectivity index (χ0v) is 10.4. The van der Waals surface area contributed by atoms with Crippen LogP contribution in [0.2, 0.25) is 0 Å². The van der Waals surface area contributed by atoms with Gasteiger partial charge in [-0.1, -0.05) is 30.3 Å². The van der Waals surface area contributed by atoms with Crippen molar-refractivity contribution in [1.29, 1.82) is 0 Å². The van der Waals surface area contributed by atoms with E-state index in [1.807, 2.05) is 0 Å². The fourth-order valence-electron chi connectivity index (χ4n) is 1.77. The third-order valence-electron chi connectivity index (χ3n) is 2.97. The Balaban J connectivity index is 2.41. The minimum absolute atomic E-state index is 0.174. The molecule has 19 heavy (non-hydrogen) atoms. The quantitative estimate of drug-likeness (QED) is 0.863. The molecule has 0 aliphatic heterocycles. The normalized spacial score (nSPS) is 10.5. The number of halogens is 2. The maximum Gasteiger partial charge on any atom is 0.196 e. The minimum atomic E-state index is -1.10. The monoisotopic (exact) mass is 261 g/mol. The van der Waals surface area contributed by atoms with Crippen LogP contribution in [0.4, 0.5) is 8.78 Å². The summed E-state index contributed by atoms with van der Waals surface area (Å²) in [5, 5.41) is 0. The molecule has 0 saturated carbocycles. The van der Waals surface area contributed by atoms with Crippen LogP contribution in [0.25, 0.3) is 0 Å². The number of carbonyl (C=O) groups is 1. The summed E-state index contributed by atoms with van der Waals surface area (Å²) < 4.78 is 27.2. The number of hydrogen-bond acceptors (Lipinski definition) is 2. The Morgan fingerprint density at radius 1 is 1.05 bits per heavy atom. The first-order valence-electron chi connectivity index (χ1n) is 5.83. The lowest BCUT2D eigenvalue weighted by molar-refractivity contribution is 0.103. The van der Waals surface area contributed by atoms with Crippen LogP contribution in [-0.4, -0.2) is 5.78 Å². The highest BCUT2D eigenvalue weighted by Gasteiger charge is 2.18. The highest BCUT2D eigenvalue weighted by Crippen LogP contribution is 2.19. The van der Waals surface area contributed by atoms with Crippen LogP contribution >= 0.6 is 0 Å². The molecule has 0 aliphatic rings. The van der Waals surface area contributed by atoms with E-state index in [-0.39, 0.29) is 11.1 Å². The molecule has 0 aromatic heterocycles. The highest BCUT2D eigenvalue weighted by atomic mass is 19.2. The smallest absolute Gasteiger partial charge is 0.196 e. The van der Waals surface area contributed by atoms with Gasteiger partial charge in [0.1, 0.15) is 0 Å². The molecule has 0 atom stereocenters. The molecular formula is C15H13F2NO. The SMILES string of the molecule is Cc1ccc(C(=O)c2ccc(CN)cc2)c(F)c1F. The molecule has 2 N–H and O–H groups in total. The van der Waals surface area contributed by atoms with Gasteiger partial charge in [0.25, 0.3) is 0 Å². The summed E-state index contributed by atoms with van der Waals surface area (Å²) in [6, 6.07) is 9.18. The van der Waals surface area contributed by atoms with E-state index in [0.29, 0.717) is 12.1 Å². The lowest BCUT2D eigenvalue weighted by Crippen LogP contribution is -2.07. The van der Waals surface area contributed by atoms with Crippen molar-refractivity contribution in [3.8, 4) is 0 Å². The van der Waals surface area contributed by atoms with Crippen LogP contribution in [0.5, 0.6) is 0 Å². The Morgan fingerprint density at radius 2 is 1.68 bits per heavy atom. The zero-order chi connectivity index (χ0) is 14.0. The average Bonchev–Trinajstić information content (AvgIpc) is 2.44. The van der Waals surface area contributed by atoms with Crippen LogP contribution in [0.3, 0.4) is 0 Å². The topological polar surface area (TPSA) is 43.1 Å². The molecule has 0 bridgehead atoms. The summed E-state index contributed by atoms with van der Waals surface area (Å²) in [7, 11) is 0. The van der Waals surface area contributed by atoms with E-state index in [1.165, 1.54) is 19.1 Å². The van der Waals surface area contributed by atoms with Crippen molar-refractivity contribution < 1.29 is 13.6 Å². The van der Waals surface area contributed by atoms with E-state index < -0.39 is 17.4 Å². The zero-order valence-electron chi connectivity index (χ0n) is 10.4. The van der Waals surface area contributed by atoms with Gasteiger partial charge in [-0.05, 0) is 24.1 Å². The Bertz CT molecular complexity index is 621. The lowest BCUT2D eigenvalue weighted by atomic mass is 10.00. The predicted molar refractivity (Wildman–Crippen MR) is 68.9 cm³/mol. The molecular weight excluding hydrogens is 248 g/mol. The van der Waals surface area contributed by atoms with Crippen molar-refractivity contribution in [2.45, 2.75) is 13.5 Å². The Morgan fingerprint density at radius 3 is 2.26 bits per heavy atom. The van der Waals surface area contributed by atoms with Crippen molar-refractivity contribution in [3.05, 3.63) is 70.3 Å². The van der Waals surface area contributed by atoms with Gasteiger partial charge in [0, 0.05) is 12.1 Å². The average molecular weight is 261 g/mol. The second-order valence-electron chi connectivity index (χ2n) is 4.29. The number of benzene rings is 2. The summed E-state index contributed by atoms with van der Waals surface area (Å²) in [6.07, 6.45) is 0. The summed E-state index contributed by atoms with van der Waals surface area (Å²) in [6.45, 7) is 1.81. The molecule has 4 heteroatoms. The van der Waals surface area contributed by atoms with E-state index in [2.05, 4.69) is 0 Å². The first kappa shape index (κ1) is 13.4. The second-order valence-corrected chi connectivity index (χ2v) is 4.29. The van der Waals surface area contributed by atoms with Gasteiger partial charge in [0.05, 0.1) is 5.56 Å². The molecule has 0 unspecified atom stereocenters. The number of hydrogen-bond donors (Lipinski definition) is 1. The molecule has 0 saturated heterocycles. The van der Waals surface area contributed by atoms with Gasteiger partial charge in [-0.15, -0.1) is 0 Å². The number of aryl methyl sites for hydroxylation is 1. The fraction of sp³-hybridized carbons (Fsp3) is 0.133. The Hall–Kier alpha value is -2.07. The predicted octanol–water partition coefficient (Wildman–Crippen LogP) is 2.96. The number of carbonyl (C=O) groups excluding carboxylic acids is 1. The lowest BCUT2D eigenvalue weighted by Gasteiger charge is -2.06. The molecule has 0 aliphatic carbocycles. The van der Waals surface area contributed by atoms with Gasteiger partial charge in [-0.3, -0.25) is 4.79 Å². The molecule has 0 heterocycles. The van der Waals surface area contributed by atoms with E-state index in [9.17, 15) is 13.6 Å². The Kier molecular flexibility index (Phi) is 3.71. The molecule has 0 spiro atoms. The molecule has 2 rings (SSSR count). The van der Waals surface area contributed by atoms with Gasteiger partial charge in [0.2, 0.25) is 0 Å². The number of rotatable bonds is 3. The standard InChI is InChI=1S/C15H13F2NO/c1-9-2-7-12(14(17)13(9)16)15(19)11-5-3-10(8-18)4-6-11/h2-7H,8,18H2,1H3. The molecule has 0 radical (unpaired) electrons. The molecule has 2 nitrogen and oxygen atoms in total. The largest absolute Gasteiger partial charge is 0.326 e. The third kappa shape index (κ3) is 2.53. The fourth-order valence-corrected chi connectivity index (χ4v) is 1.77. The first-order chi connectivity index (χ1) is 9.04. The van der Waals surface area contributed by atoms with Crippen LogP contribution in [0.1, 0.15) is 27.0 Å². The molecule has 2 aromatic carbocycles. The summed E-state index contributed by atoms with van der Waals surface area (Å²) in [5.41, 5.74) is 6.54. The second kappa shape index (κ2) is 5.28. The highest BCUT2D eigenvalue weighted by molar-refractivity contribution is 6.09. The summed E-state index contributed by atoms with van der Waals surface area (Å²) in [4.78, 5) is 12.1. The van der Waals surface area contributed by atoms with Gasteiger partial charge < -0.3 is 5.73 Å². The Labute approximate surface area is 109 Å². The van der Waals surface area contributed by atoms with Crippen LogP contribution < -0.4 is 5.73 Å².